The molecule has 0 aromatic rings. The third-order valence-corrected chi connectivity index (χ3v) is 3.53. The Morgan fingerprint density at radius 1 is 1.28 bits per heavy atom. The Labute approximate surface area is 108 Å². The molecule has 1 unspecified atom stereocenters. The SMILES string of the molecule is COCCCCNC(=O)[C@H]1CC(C)C[C@H]1C(=O)O. The molecule has 1 saturated carbocycles. The van der Waals surface area contributed by atoms with Gasteiger partial charge in [0, 0.05) is 20.3 Å². The number of hydrogen-bond donors (Lipinski definition) is 2. The molecule has 0 aliphatic heterocycles. The van der Waals surface area contributed by atoms with E-state index in [1.807, 2.05) is 6.92 Å². The second kappa shape index (κ2) is 7.36. The van der Waals surface area contributed by atoms with E-state index in [1.54, 1.807) is 7.11 Å². The monoisotopic (exact) mass is 257 g/mol. The third-order valence-electron chi connectivity index (χ3n) is 3.53. The van der Waals surface area contributed by atoms with Crippen molar-refractivity contribution < 1.29 is 19.4 Å². The van der Waals surface area contributed by atoms with E-state index in [1.165, 1.54) is 0 Å². The molecule has 2 N–H and O–H groups in total. The zero-order valence-corrected chi connectivity index (χ0v) is 11.1. The summed E-state index contributed by atoms with van der Waals surface area (Å²) in [5, 5.41) is 11.9. The van der Waals surface area contributed by atoms with Gasteiger partial charge in [0.1, 0.15) is 0 Å². The molecule has 1 amide bonds. The molecule has 0 aromatic heterocycles. The van der Waals surface area contributed by atoms with E-state index in [2.05, 4.69) is 5.32 Å². The predicted molar refractivity (Wildman–Crippen MR) is 67.1 cm³/mol. The van der Waals surface area contributed by atoms with Gasteiger partial charge in [0.25, 0.3) is 0 Å². The number of carbonyl (C=O) groups excluding carboxylic acids is 1. The number of carbonyl (C=O) groups is 2. The Bertz CT molecular complexity index is 293. The van der Waals surface area contributed by atoms with E-state index in [9.17, 15) is 9.59 Å². The summed E-state index contributed by atoms with van der Waals surface area (Å²) in [6.45, 7) is 3.29. The molecule has 0 heterocycles. The number of aliphatic carboxylic acids is 1. The van der Waals surface area contributed by atoms with Crippen LogP contribution in [0, 0.1) is 17.8 Å². The maximum Gasteiger partial charge on any atom is 0.307 e. The molecule has 0 spiro atoms. The highest BCUT2D eigenvalue weighted by Crippen LogP contribution is 2.36. The topological polar surface area (TPSA) is 75.6 Å². The summed E-state index contributed by atoms with van der Waals surface area (Å²) in [5.74, 6) is -1.52. The number of unbranched alkanes of at least 4 members (excludes halogenated alkanes) is 1. The van der Waals surface area contributed by atoms with Crippen LogP contribution in [0.2, 0.25) is 0 Å². The molecule has 0 saturated heterocycles. The summed E-state index contributed by atoms with van der Waals surface area (Å²) >= 11 is 0. The normalized spacial score (nSPS) is 27.1. The van der Waals surface area contributed by atoms with Crippen LogP contribution in [0.1, 0.15) is 32.6 Å². The standard InChI is InChI=1S/C13H23NO4/c1-9-7-10(11(8-9)13(16)17)12(15)14-5-3-4-6-18-2/h9-11H,3-8H2,1-2H3,(H,14,15)(H,16,17)/t9?,10-,11+/m0/s1. The van der Waals surface area contributed by atoms with Crippen molar-refractivity contribution >= 4 is 11.9 Å². The van der Waals surface area contributed by atoms with Crippen LogP contribution in [0.25, 0.3) is 0 Å². The first-order chi connectivity index (χ1) is 8.56. The first-order valence-corrected chi connectivity index (χ1v) is 6.55. The number of rotatable bonds is 7. The maximum absolute atomic E-state index is 11.9. The first kappa shape index (κ1) is 15.0. The highest BCUT2D eigenvalue weighted by atomic mass is 16.5. The van der Waals surface area contributed by atoms with Crippen molar-refractivity contribution in [2.75, 3.05) is 20.3 Å². The summed E-state index contributed by atoms with van der Waals surface area (Å²) in [5.41, 5.74) is 0. The highest BCUT2D eigenvalue weighted by molar-refractivity contribution is 5.85. The van der Waals surface area contributed by atoms with Crippen LogP contribution < -0.4 is 5.32 Å². The molecular weight excluding hydrogens is 234 g/mol. The average Bonchev–Trinajstić information content (AvgIpc) is 2.71. The third kappa shape index (κ3) is 4.29. The lowest BCUT2D eigenvalue weighted by Gasteiger charge is -2.15. The summed E-state index contributed by atoms with van der Waals surface area (Å²) < 4.78 is 4.92. The van der Waals surface area contributed by atoms with E-state index in [4.69, 9.17) is 9.84 Å². The van der Waals surface area contributed by atoms with Gasteiger partial charge in [-0.2, -0.15) is 0 Å². The van der Waals surface area contributed by atoms with Gasteiger partial charge < -0.3 is 15.2 Å². The van der Waals surface area contributed by atoms with Gasteiger partial charge in [-0.1, -0.05) is 6.92 Å². The lowest BCUT2D eigenvalue weighted by molar-refractivity contribution is -0.146. The van der Waals surface area contributed by atoms with Gasteiger partial charge in [0.05, 0.1) is 11.8 Å². The van der Waals surface area contributed by atoms with Crippen molar-refractivity contribution in [3.63, 3.8) is 0 Å². The molecule has 1 aliphatic carbocycles. The van der Waals surface area contributed by atoms with Gasteiger partial charge in [-0.05, 0) is 31.6 Å². The summed E-state index contributed by atoms with van der Waals surface area (Å²) in [7, 11) is 1.65. The Balaban J connectivity index is 2.33. The summed E-state index contributed by atoms with van der Waals surface area (Å²) in [6.07, 6.45) is 3.05. The van der Waals surface area contributed by atoms with Crippen LogP contribution in [-0.4, -0.2) is 37.2 Å². The van der Waals surface area contributed by atoms with Crippen LogP contribution in [0.3, 0.4) is 0 Å². The number of carboxylic acids is 1. The number of amides is 1. The minimum Gasteiger partial charge on any atom is -0.481 e. The fourth-order valence-corrected chi connectivity index (χ4v) is 2.57. The van der Waals surface area contributed by atoms with Crippen LogP contribution >= 0.6 is 0 Å². The van der Waals surface area contributed by atoms with Gasteiger partial charge in [0.2, 0.25) is 5.91 Å². The molecule has 5 heteroatoms. The Morgan fingerprint density at radius 3 is 2.56 bits per heavy atom. The largest absolute Gasteiger partial charge is 0.481 e. The van der Waals surface area contributed by atoms with Crippen molar-refractivity contribution in [2.45, 2.75) is 32.6 Å². The summed E-state index contributed by atoms with van der Waals surface area (Å²) in [4.78, 5) is 23.0. The van der Waals surface area contributed by atoms with Crippen LogP contribution in [0.4, 0.5) is 0 Å². The molecule has 104 valence electrons. The zero-order chi connectivity index (χ0) is 13.5. The van der Waals surface area contributed by atoms with Gasteiger partial charge in [-0.3, -0.25) is 9.59 Å². The second-order valence-corrected chi connectivity index (χ2v) is 5.12. The fourth-order valence-electron chi connectivity index (χ4n) is 2.57. The van der Waals surface area contributed by atoms with Crippen LogP contribution in [-0.2, 0) is 14.3 Å². The quantitative estimate of drug-likeness (QED) is 0.674. The lowest BCUT2D eigenvalue weighted by atomic mass is 9.95. The molecule has 0 radical (unpaired) electrons. The van der Waals surface area contributed by atoms with E-state index in [-0.39, 0.29) is 11.8 Å². The molecule has 0 aromatic carbocycles. The minimum absolute atomic E-state index is 0.107. The smallest absolute Gasteiger partial charge is 0.307 e. The molecule has 0 bridgehead atoms. The number of methoxy groups -OCH3 is 1. The average molecular weight is 257 g/mol. The van der Waals surface area contributed by atoms with Gasteiger partial charge in [0.15, 0.2) is 0 Å². The molecule has 3 atom stereocenters. The molecule has 18 heavy (non-hydrogen) atoms. The highest BCUT2D eigenvalue weighted by Gasteiger charge is 2.40. The van der Waals surface area contributed by atoms with E-state index in [0.29, 0.717) is 31.9 Å². The van der Waals surface area contributed by atoms with Crippen molar-refractivity contribution in [2.24, 2.45) is 17.8 Å². The van der Waals surface area contributed by atoms with E-state index in [0.717, 1.165) is 12.8 Å². The fraction of sp³-hybridized carbons (Fsp3) is 0.846. The Kier molecular flexibility index (Phi) is 6.12. The van der Waals surface area contributed by atoms with Crippen LogP contribution in [0.15, 0.2) is 0 Å². The number of hydrogen-bond acceptors (Lipinski definition) is 3. The minimum atomic E-state index is -0.848. The van der Waals surface area contributed by atoms with E-state index >= 15 is 0 Å². The Morgan fingerprint density at radius 2 is 1.94 bits per heavy atom. The summed E-state index contributed by atoms with van der Waals surface area (Å²) in [6, 6.07) is 0. The van der Waals surface area contributed by atoms with Gasteiger partial charge in [-0.25, -0.2) is 0 Å². The Hall–Kier alpha value is -1.10. The van der Waals surface area contributed by atoms with Crippen molar-refractivity contribution in [1.29, 1.82) is 0 Å². The van der Waals surface area contributed by atoms with Crippen molar-refractivity contribution in [3.05, 3.63) is 0 Å². The van der Waals surface area contributed by atoms with Gasteiger partial charge >= 0.3 is 5.97 Å². The van der Waals surface area contributed by atoms with Gasteiger partial charge in [-0.15, -0.1) is 0 Å². The number of nitrogens with one attached hydrogen (secondary N) is 1. The van der Waals surface area contributed by atoms with E-state index < -0.39 is 11.9 Å². The molecule has 5 nitrogen and oxygen atoms in total. The zero-order valence-electron chi connectivity index (χ0n) is 11.1. The predicted octanol–water partition coefficient (Wildman–Crippen LogP) is 1.28. The lowest BCUT2D eigenvalue weighted by Crippen LogP contribution is -2.35. The molecule has 1 fully saturated rings. The maximum atomic E-state index is 11.9. The van der Waals surface area contributed by atoms with Crippen molar-refractivity contribution in [3.8, 4) is 0 Å². The molecule has 1 rings (SSSR count). The number of ether oxygens (including phenoxy) is 1. The van der Waals surface area contributed by atoms with Crippen LogP contribution in [0.5, 0.6) is 0 Å². The first-order valence-electron chi connectivity index (χ1n) is 6.55. The number of carboxylic acid groups (broad SMARTS) is 1. The van der Waals surface area contributed by atoms with Crippen molar-refractivity contribution in [1.82, 2.24) is 5.32 Å². The molecule has 1 aliphatic rings. The molecular formula is C13H23NO4. The second-order valence-electron chi connectivity index (χ2n) is 5.12.